The lowest BCUT2D eigenvalue weighted by Gasteiger charge is -2.29. The molecule has 3 nitrogen and oxygen atoms in total. The molecule has 1 amide bonds. The number of benzene rings is 1. The van der Waals surface area contributed by atoms with Crippen molar-refractivity contribution >= 4 is 33.2 Å². The summed E-state index contributed by atoms with van der Waals surface area (Å²) in [6.45, 7) is 3.07. The van der Waals surface area contributed by atoms with Gasteiger partial charge in [-0.05, 0) is 64.5 Å². The number of thiophene rings is 1. The molecule has 1 aliphatic rings. The Bertz CT molecular complexity index is 703. The first-order valence-corrected chi connectivity index (χ1v) is 8.67. The van der Waals surface area contributed by atoms with Gasteiger partial charge in [0.25, 0.3) is 5.91 Å². The second-order valence-electron chi connectivity index (χ2n) is 5.21. The van der Waals surface area contributed by atoms with Gasteiger partial charge in [-0.25, -0.2) is 4.39 Å². The number of amides is 1. The van der Waals surface area contributed by atoms with Crippen LogP contribution >= 0.6 is 27.3 Å². The Morgan fingerprint density at radius 1 is 1.45 bits per heavy atom. The van der Waals surface area contributed by atoms with Crippen molar-refractivity contribution in [2.24, 2.45) is 0 Å². The van der Waals surface area contributed by atoms with Gasteiger partial charge in [0.15, 0.2) is 6.10 Å². The van der Waals surface area contributed by atoms with Crippen molar-refractivity contribution in [1.29, 1.82) is 0 Å². The van der Waals surface area contributed by atoms with Crippen LogP contribution in [0.1, 0.15) is 17.4 Å². The summed E-state index contributed by atoms with van der Waals surface area (Å²) in [6.07, 6.45) is 0.285. The Hall–Kier alpha value is -1.40. The minimum Gasteiger partial charge on any atom is -0.480 e. The van der Waals surface area contributed by atoms with E-state index in [0.29, 0.717) is 23.3 Å². The largest absolute Gasteiger partial charge is 0.480 e. The van der Waals surface area contributed by atoms with Crippen LogP contribution in [-0.2, 0) is 17.8 Å². The Kier molecular flexibility index (Phi) is 4.49. The number of carbonyl (C=O) groups is 1. The van der Waals surface area contributed by atoms with E-state index in [1.165, 1.54) is 28.6 Å². The van der Waals surface area contributed by atoms with Crippen molar-refractivity contribution in [2.75, 3.05) is 6.54 Å². The molecule has 1 atom stereocenters. The lowest BCUT2D eigenvalue weighted by Crippen LogP contribution is -2.42. The van der Waals surface area contributed by atoms with Crippen LogP contribution in [0, 0.1) is 5.82 Å². The van der Waals surface area contributed by atoms with Gasteiger partial charge in [-0.2, -0.15) is 0 Å². The number of hydrogen-bond donors (Lipinski definition) is 0. The maximum absolute atomic E-state index is 13.1. The zero-order chi connectivity index (χ0) is 15.7. The van der Waals surface area contributed by atoms with Crippen LogP contribution in [0.4, 0.5) is 4.39 Å². The normalized spacial score (nSPS) is 15.3. The monoisotopic (exact) mass is 383 g/mol. The Balaban J connectivity index is 1.67. The van der Waals surface area contributed by atoms with Crippen LogP contribution in [0.5, 0.6) is 5.75 Å². The van der Waals surface area contributed by atoms with E-state index >= 15 is 0 Å². The highest BCUT2D eigenvalue weighted by molar-refractivity contribution is 9.10. The average molecular weight is 384 g/mol. The minimum atomic E-state index is -0.609. The molecule has 0 saturated carbocycles. The number of nitrogens with zero attached hydrogens (tertiary/aromatic N) is 1. The van der Waals surface area contributed by atoms with Crippen molar-refractivity contribution in [3.8, 4) is 5.75 Å². The Labute approximate surface area is 140 Å². The van der Waals surface area contributed by atoms with Gasteiger partial charge in [0.05, 0.1) is 4.47 Å². The molecule has 0 spiro atoms. The number of fused-ring (bicyclic) bond motifs is 1. The van der Waals surface area contributed by atoms with E-state index in [4.69, 9.17) is 4.74 Å². The molecule has 1 aliphatic heterocycles. The number of ether oxygens (including phenoxy) is 1. The molecule has 2 aromatic rings. The molecule has 0 fully saturated rings. The summed E-state index contributed by atoms with van der Waals surface area (Å²) in [7, 11) is 0. The van der Waals surface area contributed by atoms with Crippen LogP contribution in [-0.4, -0.2) is 23.5 Å². The third kappa shape index (κ3) is 3.17. The second-order valence-corrected chi connectivity index (χ2v) is 7.07. The summed E-state index contributed by atoms with van der Waals surface area (Å²) in [6, 6.07) is 6.23. The van der Waals surface area contributed by atoms with E-state index in [-0.39, 0.29) is 11.7 Å². The highest BCUT2D eigenvalue weighted by atomic mass is 79.9. The molecular formula is C16H15BrFNO2S. The van der Waals surface area contributed by atoms with Gasteiger partial charge in [0, 0.05) is 18.0 Å². The molecule has 0 saturated heterocycles. The number of hydrogen-bond acceptors (Lipinski definition) is 3. The summed E-state index contributed by atoms with van der Waals surface area (Å²) in [5.41, 5.74) is 1.22. The predicted molar refractivity (Wildman–Crippen MR) is 87.6 cm³/mol. The lowest BCUT2D eigenvalue weighted by atomic mass is 10.1. The average Bonchev–Trinajstić information content (AvgIpc) is 2.96. The van der Waals surface area contributed by atoms with Crippen LogP contribution in [0.2, 0.25) is 0 Å². The van der Waals surface area contributed by atoms with E-state index < -0.39 is 6.10 Å². The fourth-order valence-electron chi connectivity index (χ4n) is 2.51. The quantitative estimate of drug-likeness (QED) is 0.801. The molecule has 0 bridgehead atoms. The molecule has 2 heterocycles. The predicted octanol–water partition coefficient (Wildman–Crippen LogP) is 4.00. The third-order valence-electron chi connectivity index (χ3n) is 3.66. The van der Waals surface area contributed by atoms with Gasteiger partial charge >= 0.3 is 0 Å². The number of halogens is 2. The fraction of sp³-hybridized carbons (Fsp3) is 0.312. The molecule has 1 aromatic heterocycles. The molecule has 0 radical (unpaired) electrons. The maximum atomic E-state index is 13.1. The van der Waals surface area contributed by atoms with Gasteiger partial charge in [0.2, 0.25) is 0 Å². The molecule has 0 aliphatic carbocycles. The van der Waals surface area contributed by atoms with Gasteiger partial charge in [-0.15, -0.1) is 11.3 Å². The molecule has 3 rings (SSSR count). The lowest BCUT2D eigenvalue weighted by molar-refractivity contribution is -0.138. The molecule has 1 aromatic carbocycles. The first-order chi connectivity index (χ1) is 10.5. The summed E-state index contributed by atoms with van der Waals surface area (Å²) in [4.78, 5) is 15.7. The van der Waals surface area contributed by atoms with Gasteiger partial charge < -0.3 is 9.64 Å². The van der Waals surface area contributed by atoms with Crippen LogP contribution in [0.15, 0.2) is 34.1 Å². The topological polar surface area (TPSA) is 29.5 Å². The number of rotatable bonds is 3. The first kappa shape index (κ1) is 15.5. The zero-order valence-corrected chi connectivity index (χ0v) is 14.4. The fourth-order valence-corrected chi connectivity index (χ4v) is 3.84. The highest BCUT2D eigenvalue weighted by Crippen LogP contribution is 2.28. The van der Waals surface area contributed by atoms with E-state index in [0.717, 1.165) is 6.42 Å². The summed E-state index contributed by atoms with van der Waals surface area (Å²) in [5, 5.41) is 2.06. The summed E-state index contributed by atoms with van der Waals surface area (Å²) >= 11 is 4.99. The minimum absolute atomic E-state index is 0.0481. The Morgan fingerprint density at radius 3 is 3.05 bits per heavy atom. The molecular weight excluding hydrogens is 369 g/mol. The van der Waals surface area contributed by atoms with Crippen molar-refractivity contribution in [2.45, 2.75) is 26.0 Å². The zero-order valence-electron chi connectivity index (χ0n) is 12.0. The van der Waals surface area contributed by atoms with E-state index in [1.807, 2.05) is 4.90 Å². The van der Waals surface area contributed by atoms with Crippen molar-refractivity contribution in [3.63, 3.8) is 0 Å². The van der Waals surface area contributed by atoms with E-state index in [2.05, 4.69) is 27.4 Å². The van der Waals surface area contributed by atoms with Gasteiger partial charge in [-0.1, -0.05) is 0 Å². The van der Waals surface area contributed by atoms with Gasteiger partial charge in [-0.3, -0.25) is 4.79 Å². The van der Waals surface area contributed by atoms with Crippen molar-refractivity contribution < 1.29 is 13.9 Å². The first-order valence-electron chi connectivity index (χ1n) is 7.00. The van der Waals surface area contributed by atoms with Crippen LogP contribution in [0.3, 0.4) is 0 Å². The molecule has 6 heteroatoms. The van der Waals surface area contributed by atoms with Crippen molar-refractivity contribution in [3.05, 3.63) is 50.4 Å². The van der Waals surface area contributed by atoms with E-state index in [1.54, 1.807) is 18.3 Å². The van der Waals surface area contributed by atoms with Gasteiger partial charge in [0.1, 0.15) is 11.6 Å². The SMILES string of the molecule is CC(Oc1ccc(F)cc1Br)C(=O)N1CCc2sccc2C1. The highest BCUT2D eigenvalue weighted by Gasteiger charge is 2.26. The van der Waals surface area contributed by atoms with Crippen LogP contribution in [0.25, 0.3) is 0 Å². The summed E-state index contributed by atoms with van der Waals surface area (Å²) < 4.78 is 19.3. The second kappa shape index (κ2) is 6.38. The maximum Gasteiger partial charge on any atom is 0.263 e. The standard InChI is InChI=1S/C16H15BrFNO2S/c1-10(21-14-3-2-12(18)8-13(14)17)16(20)19-6-4-15-11(9-19)5-7-22-15/h2-3,5,7-8,10H,4,6,9H2,1H3. The molecule has 0 N–H and O–H groups in total. The smallest absolute Gasteiger partial charge is 0.263 e. The third-order valence-corrected chi connectivity index (χ3v) is 5.31. The molecule has 1 unspecified atom stereocenters. The molecule has 116 valence electrons. The van der Waals surface area contributed by atoms with E-state index in [9.17, 15) is 9.18 Å². The van der Waals surface area contributed by atoms with Crippen LogP contribution < -0.4 is 4.74 Å². The van der Waals surface area contributed by atoms with Crippen molar-refractivity contribution in [1.82, 2.24) is 4.90 Å². The molecule has 22 heavy (non-hydrogen) atoms. The number of carbonyl (C=O) groups excluding carboxylic acids is 1. The Morgan fingerprint density at radius 2 is 2.27 bits per heavy atom. The summed E-state index contributed by atoms with van der Waals surface area (Å²) in [5.74, 6) is 0.0720.